The Kier molecular flexibility index (Phi) is 7.88. The van der Waals surface area contributed by atoms with E-state index in [1.165, 1.54) is 4.90 Å². The summed E-state index contributed by atoms with van der Waals surface area (Å²) in [5.74, 6) is -0.899. The van der Waals surface area contributed by atoms with Crippen molar-refractivity contribution >= 4 is 40.8 Å². The monoisotopic (exact) mass is 454 g/mol. The van der Waals surface area contributed by atoms with Crippen LogP contribution in [0.15, 0.2) is 48.8 Å². The van der Waals surface area contributed by atoms with Gasteiger partial charge in [-0.2, -0.15) is 0 Å². The summed E-state index contributed by atoms with van der Waals surface area (Å²) >= 11 is 5.65. The molecule has 0 bridgehead atoms. The molecule has 1 aromatic carbocycles. The van der Waals surface area contributed by atoms with Gasteiger partial charge in [-0.1, -0.05) is 0 Å². The van der Waals surface area contributed by atoms with E-state index in [0.717, 1.165) is 5.56 Å². The highest BCUT2D eigenvalue weighted by atomic mass is 32.1. The molecule has 2 heterocycles. The topological polar surface area (TPSA) is 91.8 Å². The first-order chi connectivity index (χ1) is 15.5. The van der Waals surface area contributed by atoms with Gasteiger partial charge in [0.15, 0.2) is 5.11 Å². The first-order valence-electron chi connectivity index (χ1n) is 10.5. The number of esters is 1. The van der Waals surface area contributed by atoms with Gasteiger partial charge in [0.2, 0.25) is 5.91 Å². The molecular weight excluding hydrogens is 428 g/mol. The molecule has 3 rings (SSSR count). The van der Waals surface area contributed by atoms with E-state index in [1.54, 1.807) is 48.5 Å². The van der Waals surface area contributed by atoms with Crippen molar-refractivity contribution in [1.29, 1.82) is 0 Å². The lowest BCUT2D eigenvalue weighted by molar-refractivity contribution is -0.127. The van der Waals surface area contributed by atoms with Crippen LogP contribution in [-0.4, -0.2) is 58.5 Å². The first-order valence-corrected chi connectivity index (χ1v) is 10.9. The predicted molar refractivity (Wildman–Crippen MR) is 124 cm³/mol. The standard InChI is InChI=1S/C23H26N4O4S/c1-3-25-20(28)15-19-21(29)27(18-7-5-17(6-8-18)22(30)31-4-2)23(32)26(19)14-11-16-9-12-24-13-10-16/h5-10,12-13,19H,3-4,11,14-15H2,1-2H3,(H,25,28)/t19-/m1/s1. The minimum Gasteiger partial charge on any atom is -0.462 e. The van der Waals surface area contributed by atoms with Gasteiger partial charge in [-0.25, -0.2) is 4.79 Å². The Balaban J connectivity index is 1.83. The fraction of sp³-hybridized carbons (Fsp3) is 0.348. The van der Waals surface area contributed by atoms with E-state index >= 15 is 0 Å². The number of carbonyl (C=O) groups excluding carboxylic acids is 3. The van der Waals surface area contributed by atoms with Crippen LogP contribution in [0.3, 0.4) is 0 Å². The van der Waals surface area contributed by atoms with E-state index in [1.807, 2.05) is 19.1 Å². The van der Waals surface area contributed by atoms with Crippen molar-refractivity contribution in [2.24, 2.45) is 0 Å². The number of nitrogens with one attached hydrogen (secondary N) is 1. The van der Waals surface area contributed by atoms with Crippen LogP contribution in [0.25, 0.3) is 0 Å². The first kappa shape index (κ1) is 23.3. The predicted octanol–water partition coefficient (Wildman–Crippen LogP) is 2.33. The van der Waals surface area contributed by atoms with Crippen molar-refractivity contribution in [3.63, 3.8) is 0 Å². The van der Waals surface area contributed by atoms with E-state index in [9.17, 15) is 14.4 Å². The zero-order valence-electron chi connectivity index (χ0n) is 18.1. The molecule has 168 valence electrons. The second kappa shape index (κ2) is 10.8. The molecule has 1 fully saturated rings. The number of carbonyl (C=O) groups is 3. The van der Waals surface area contributed by atoms with Crippen LogP contribution in [0.5, 0.6) is 0 Å². The normalized spacial score (nSPS) is 15.8. The average molecular weight is 455 g/mol. The van der Waals surface area contributed by atoms with Crippen LogP contribution in [0, 0.1) is 0 Å². The highest BCUT2D eigenvalue weighted by Gasteiger charge is 2.43. The van der Waals surface area contributed by atoms with Crippen LogP contribution in [0.4, 0.5) is 5.69 Å². The molecule has 0 aliphatic carbocycles. The fourth-order valence-corrected chi connectivity index (χ4v) is 3.94. The number of pyridine rings is 1. The van der Waals surface area contributed by atoms with Gasteiger partial charge in [0, 0.05) is 25.5 Å². The summed E-state index contributed by atoms with van der Waals surface area (Å²) in [4.78, 5) is 44.8. The maximum Gasteiger partial charge on any atom is 0.338 e. The molecule has 1 N–H and O–H groups in total. The Morgan fingerprint density at radius 1 is 1.12 bits per heavy atom. The van der Waals surface area contributed by atoms with Gasteiger partial charge < -0.3 is 15.0 Å². The molecule has 1 aliphatic rings. The van der Waals surface area contributed by atoms with Crippen molar-refractivity contribution in [2.45, 2.75) is 32.7 Å². The molecule has 32 heavy (non-hydrogen) atoms. The van der Waals surface area contributed by atoms with Crippen molar-refractivity contribution < 1.29 is 19.1 Å². The highest BCUT2D eigenvalue weighted by molar-refractivity contribution is 7.80. The van der Waals surface area contributed by atoms with Crippen molar-refractivity contribution in [1.82, 2.24) is 15.2 Å². The Hall–Kier alpha value is -3.33. The summed E-state index contributed by atoms with van der Waals surface area (Å²) in [6, 6.07) is 9.64. The second-order valence-electron chi connectivity index (χ2n) is 7.20. The molecule has 1 atom stereocenters. The molecule has 0 radical (unpaired) electrons. The lowest BCUT2D eigenvalue weighted by Crippen LogP contribution is -2.40. The number of benzene rings is 1. The van der Waals surface area contributed by atoms with E-state index in [-0.39, 0.29) is 24.8 Å². The Morgan fingerprint density at radius 2 is 1.81 bits per heavy atom. The lowest BCUT2D eigenvalue weighted by atomic mass is 10.1. The summed E-state index contributed by atoms with van der Waals surface area (Å²) < 4.78 is 5.01. The summed E-state index contributed by atoms with van der Waals surface area (Å²) in [5.41, 5.74) is 1.99. The number of hydrogen-bond donors (Lipinski definition) is 1. The minimum atomic E-state index is -0.694. The van der Waals surface area contributed by atoms with Gasteiger partial charge in [-0.05, 0) is 74.4 Å². The number of ether oxygens (including phenoxy) is 1. The molecule has 0 saturated carbocycles. The molecule has 2 aromatic rings. The van der Waals surface area contributed by atoms with Crippen LogP contribution in [0.2, 0.25) is 0 Å². The maximum absolute atomic E-state index is 13.3. The summed E-state index contributed by atoms with van der Waals surface area (Å²) in [6.07, 6.45) is 4.09. The van der Waals surface area contributed by atoms with E-state index < -0.39 is 12.0 Å². The molecule has 0 spiro atoms. The molecule has 8 nitrogen and oxygen atoms in total. The van der Waals surface area contributed by atoms with Crippen molar-refractivity contribution in [2.75, 3.05) is 24.6 Å². The van der Waals surface area contributed by atoms with E-state index in [4.69, 9.17) is 17.0 Å². The number of anilines is 1. The van der Waals surface area contributed by atoms with Crippen LogP contribution in [-0.2, 0) is 20.7 Å². The molecule has 2 amide bonds. The molecule has 1 saturated heterocycles. The maximum atomic E-state index is 13.3. The van der Waals surface area contributed by atoms with Gasteiger partial charge in [0.1, 0.15) is 6.04 Å². The minimum absolute atomic E-state index is 0.0145. The summed E-state index contributed by atoms with van der Waals surface area (Å²) in [6.45, 7) is 4.82. The summed E-state index contributed by atoms with van der Waals surface area (Å²) in [5, 5.41) is 3.08. The third-order valence-electron chi connectivity index (χ3n) is 5.10. The largest absolute Gasteiger partial charge is 0.462 e. The van der Waals surface area contributed by atoms with Gasteiger partial charge in [-0.3, -0.25) is 19.5 Å². The van der Waals surface area contributed by atoms with Gasteiger partial charge in [-0.15, -0.1) is 0 Å². The van der Waals surface area contributed by atoms with Gasteiger partial charge >= 0.3 is 5.97 Å². The third-order valence-corrected chi connectivity index (χ3v) is 5.52. The van der Waals surface area contributed by atoms with E-state index in [2.05, 4.69) is 10.3 Å². The Morgan fingerprint density at radius 3 is 2.44 bits per heavy atom. The number of amides is 2. The number of nitrogens with zero attached hydrogens (tertiary/aromatic N) is 3. The number of thiocarbonyl (C=S) groups is 1. The quantitative estimate of drug-likeness (QED) is 0.459. The van der Waals surface area contributed by atoms with Crippen molar-refractivity contribution in [3.8, 4) is 0 Å². The molecule has 1 aliphatic heterocycles. The molecule has 9 heteroatoms. The number of hydrogen-bond acceptors (Lipinski definition) is 6. The zero-order chi connectivity index (χ0) is 23.1. The van der Waals surface area contributed by atoms with Crippen LogP contribution >= 0.6 is 12.2 Å². The van der Waals surface area contributed by atoms with Crippen LogP contribution < -0.4 is 10.2 Å². The van der Waals surface area contributed by atoms with E-state index in [0.29, 0.717) is 35.9 Å². The smallest absolute Gasteiger partial charge is 0.338 e. The fourth-order valence-electron chi connectivity index (χ4n) is 3.53. The highest BCUT2D eigenvalue weighted by Crippen LogP contribution is 2.28. The molecule has 0 unspecified atom stereocenters. The Bertz CT molecular complexity index is 981. The van der Waals surface area contributed by atoms with Gasteiger partial charge in [0.25, 0.3) is 5.91 Å². The van der Waals surface area contributed by atoms with Crippen LogP contribution in [0.1, 0.15) is 36.2 Å². The second-order valence-corrected chi connectivity index (χ2v) is 7.56. The molecular formula is C23H26N4O4S. The average Bonchev–Trinajstić information content (AvgIpc) is 3.02. The summed E-state index contributed by atoms with van der Waals surface area (Å²) in [7, 11) is 0. The van der Waals surface area contributed by atoms with Crippen molar-refractivity contribution in [3.05, 3.63) is 59.9 Å². The van der Waals surface area contributed by atoms with Gasteiger partial charge in [0.05, 0.1) is 24.3 Å². The lowest BCUT2D eigenvalue weighted by Gasteiger charge is -2.24. The number of aromatic nitrogens is 1. The third kappa shape index (κ3) is 5.28. The zero-order valence-corrected chi connectivity index (χ0v) is 18.9. The SMILES string of the molecule is CCNC(=O)C[C@@H]1C(=O)N(c2ccc(C(=O)OCC)cc2)C(=S)N1CCc1ccncc1. The molecule has 1 aromatic heterocycles. The number of rotatable bonds is 9. The Labute approximate surface area is 192 Å².